The number of nitrogens with one attached hydrogen (secondary N) is 1. The van der Waals surface area contributed by atoms with Gasteiger partial charge in [0.25, 0.3) is 0 Å². The lowest BCUT2D eigenvalue weighted by Crippen LogP contribution is -2.31. The molecule has 0 saturated carbocycles. The van der Waals surface area contributed by atoms with Gasteiger partial charge in [0.15, 0.2) is 0 Å². The van der Waals surface area contributed by atoms with E-state index in [1.54, 1.807) is 30.5 Å². The van der Waals surface area contributed by atoms with Crippen LogP contribution in [0.4, 0.5) is 10.5 Å². The maximum Gasteiger partial charge on any atom is 0.337 e. The summed E-state index contributed by atoms with van der Waals surface area (Å²) in [5, 5.41) is 15.7. The summed E-state index contributed by atoms with van der Waals surface area (Å²) in [4.78, 5) is 24.9. The Labute approximate surface area is 134 Å². The highest BCUT2D eigenvalue weighted by Gasteiger charge is 2.17. The molecule has 5 nitrogen and oxygen atoms in total. The van der Waals surface area contributed by atoms with Crippen LogP contribution in [0.1, 0.15) is 15.9 Å². The summed E-state index contributed by atoms with van der Waals surface area (Å²) in [6, 6.07) is 6.31. The Balaban J connectivity index is 2.14. The number of hydrogen-bond acceptors (Lipinski definition) is 3. The van der Waals surface area contributed by atoms with Crippen LogP contribution in [0.15, 0.2) is 39.5 Å². The number of aromatic carboxylic acids is 1. The van der Waals surface area contributed by atoms with E-state index in [-0.39, 0.29) is 17.3 Å². The van der Waals surface area contributed by atoms with Crippen LogP contribution < -0.4 is 5.32 Å². The van der Waals surface area contributed by atoms with Gasteiger partial charge in [0.2, 0.25) is 0 Å². The van der Waals surface area contributed by atoms with Crippen LogP contribution in [-0.2, 0) is 6.54 Å². The fourth-order valence-electron chi connectivity index (χ4n) is 1.76. The summed E-state index contributed by atoms with van der Waals surface area (Å²) in [7, 11) is 1.66. The third-order valence-electron chi connectivity index (χ3n) is 2.82. The van der Waals surface area contributed by atoms with E-state index in [0.29, 0.717) is 11.0 Å². The number of amides is 2. The third-order valence-corrected chi connectivity index (χ3v) is 4.22. The second-order valence-electron chi connectivity index (χ2n) is 4.39. The predicted molar refractivity (Wildman–Crippen MR) is 85.9 cm³/mol. The van der Waals surface area contributed by atoms with Crippen LogP contribution in [-0.4, -0.2) is 29.1 Å². The van der Waals surface area contributed by atoms with Gasteiger partial charge in [0, 0.05) is 18.1 Å². The molecule has 0 radical (unpaired) electrons. The van der Waals surface area contributed by atoms with Gasteiger partial charge in [-0.25, -0.2) is 9.59 Å². The number of carbonyl (C=O) groups is 2. The van der Waals surface area contributed by atoms with Crippen molar-refractivity contribution in [3.63, 3.8) is 0 Å². The van der Waals surface area contributed by atoms with Gasteiger partial charge >= 0.3 is 12.0 Å². The summed E-state index contributed by atoms with van der Waals surface area (Å²) in [5.41, 5.74) is 1.33. The van der Waals surface area contributed by atoms with Crippen molar-refractivity contribution in [2.75, 3.05) is 12.4 Å². The Morgan fingerprint density at radius 3 is 2.76 bits per heavy atom. The highest BCUT2D eigenvalue weighted by atomic mass is 79.9. The number of benzene rings is 1. The topological polar surface area (TPSA) is 69.6 Å². The number of carbonyl (C=O) groups excluding carboxylic acids is 1. The minimum absolute atomic E-state index is 0.0432. The van der Waals surface area contributed by atoms with E-state index < -0.39 is 5.97 Å². The van der Waals surface area contributed by atoms with E-state index in [2.05, 4.69) is 21.2 Å². The molecule has 0 spiro atoms. The molecule has 0 aliphatic heterocycles. The molecule has 7 heteroatoms. The lowest BCUT2D eigenvalue weighted by Gasteiger charge is -2.19. The van der Waals surface area contributed by atoms with Gasteiger partial charge in [-0.15, -0.1) is 0 Å². The summed E-state index contributed by atoms with van der Waals surface area (Å²) in [6.45, 7) is 0.461. The summed E-state index contributed by atoms with van der Waals surface area (Å²) < 4.78 is 0.527. The first-order valence-corrected chi connectivity index (χ1v) is 7.77. The van der Waals surface area contributed by atoms with Crippen molar-refractivity contribution >= 4 is 45.0 Å². The van der Waals surface area contributed by atoms with Gasteiger partial charge in [-0.2, -0.15) is 11.3 Å². The molecule has 110 valence electrons. The molecule has 0 fully saturated rings. The van der Waals surface area contributed by atoms with Crippen molar-refractivity contribution in [1.29, 1.82) is 0 Å². The highest BCUT2D eigenvalue weighted by Crippen LogP contribution is 2.27. The molecule has 0 unspecified atom stereocenters. The van der Waals surface area contributed by atoms with Gasteiger partial charge in [0.05, 0.1) is 11.3 Å². The minimum atomic E-state index is -1.09. The van der Waals surface area contributed by atoms with E-state index in [9.17, 15) is 9.59 Å². The lowest BCUT2D eigenvalue weighted by molar-refractivity contribution is 0.0698. The van der Waals surface area contributed by atoms with Gasteiger partial charge in [-0.3, -0.25) is 0 Å². The highest BCUT2D eigenvalue weighted by molar-refractivity contribution is 9.10. The Hall–Kier alpha value is -1.86. The average Bonchev–Trinajstić information content (AvgIpc) is 2.93. The predicted octanol–water partition coefficient (Wildman–Crippen LogP) is 3.87. The van der Waals surface area contributed by atoms with Crippen LogP contribution in [0.5, 0.6) is 0 Å². The lowest BCUT2D eigenvalue weighted by atomic mass is 10.2. The fraction of sp³-hybridized carbons (Fsp3) is 0.143. The summed E-state index contributed by atoms with van der Waals surface area (Å²) in [6.07, 6.45) is 0. The number of carboxylic acid groups (broad SMARTS) is 1. The molecule has 21 heavy (non-hydrogen) atoms. The van der Waals surface area contributed by atoms with Crippen molar-refractivity contribution in [1.82, 2.24) is 4.90 Å². The van der Waals surface area contributed by atoms with E-state index >= 15 is 0 Å². The Kier molecular flexibility index (Phi) is 4.98. The number of urea groups is 1. The zero-order valence-corrected chi connectivity index (χ0v) is 13.6. The van der Waals surface area contributed by atoms with Crippen LogP contribution in [0, 0.1) is 0 Å². The van der Waals surface area contributed by atoms with Gasteiger partial charge in [-0.1, -0.05) is 6.07 Å². The van der Waals surface area contributed by atoms with E-state index in [4.69, 9.17) is 5.11 Å². The van der Waals surface area contributed by atoms with Crippen molar-refractivity contribution in [2.24, 2.45) is 0 Å². The maximum atomic E-state index is 12.2. The average molecular weight is 369 g/mol. The first-order valence-electron chi connectivity index (χ1n) is 6.04. The van der Waals surface area contributed by atoms with E-state index in [1.807, 2.05) is 16.8 Å². The number of para-hydroxylation sites is 1. The maximum absolute atomic E-state index is 12.2. The number of halogens is 1. The quantitative estimate of drug-likeness (QED) is 0.860. The molecular formula is C14H13BrN2O3S. The van der Waals surface area contributed by atoms with Crippen molar-refractivity contribution in [2.45, 2.75) is 6.54 Å². The normalized spacial score (nSPS) is 10.2. The Bertz CT molecular complexity index is 658. The second kappa shape index (κ2) is 6.73. The molecule has 0 aliphatic rings. The van der Waals surface area contributed by atoms with Crippen molar-refractivity contribution < 1.29 is 14.7 Å². The number of thiophene rings is 1. The zero-order chi connectivity index (χ0) is 15.4. The molecule has 1 aromatic carbocycles. The third kappa shape index (κ3) is 3.83. The molecule has 2 aromatic rings. The molecular weight excluding hydrogens is 356 g/mol. The molecule has 1 aromatic heterocycles. The molecule has 2 N–H and O–H groups in total. The monoisotopic (exact) mass is 368 g/mol. The summed E-state index contributed by atoms with van der Waals surface area (Å²) in [5.74, 6) is -1.09. The SMILES string of the molecule is CN(Cc1ccsc1)C(=O)Nc1c(Br)cccc1C(=O)O. The second-order valence-corrected chi connectivity index (χ2v) is 6.02. The minimum Gasteiger partial charge on any atom is -0.478 e. The number of anilines is 1. The molecule has 2 rings (SSSR count). The number of nitrogens with zero attached hydrogens (tertiary/aromatic N) is 1. The zero-order valence-electron chi connectivity index (χ0n) is 11.2. The molecule has 0 atom stereocenters. The van der Waals surface area contributed by atoms with Crippen LogP contribution in [0.3, 0.4) is 0 Å². The van der Waals surface area contributed by atoms with Crippen LogP contribution >= 0.6 is 27.3 Å². The van der Waals surface area contributed by atoms with Crippen molar-refractivity contribution in [3.05, 3.63) is 50.6 Å². The molecule has 0 aliphatic carbocycles. The smallest absolute Gasteiger partial charge is 0.337 e. The molecule has 1 heterocycles. The first kappa shape index (κ1) is 15.5. The number of rotatable bonds is 4. The van der Waals surface area contributed by atoms with E-state index in [0.717, 1.165) is 5.56 Å². The standard InChI is InChI=1S/C14H13BrN2O3S/c1-17(7-9-5-6-21-8-9)14(20)16-12-10(13(18)19)3-2-4-11(12)15/h2-6,8H,7H2,1H3,(H,16,20)(H,18,19). The van der Waals surface area contributed by atoms with Crippen LogP contribution in [0.2, 0.25) is 0 Å². The van der Waals surface area contributed by atoms with Crippen molar-refractivity contribution in [3.8, 4) is 0 Å². The van der Waals surface area contributed by atoms with Gasteiger partial charge in [-0.05, 0) is 50.5 Å². The van der Waals surface area contributed by atoms with Gasteiger partial charge in [0.1, 0.15) is 0 Å². The van der Waals surface area contributed by atoms with Gasteiger partial charge < -0.3 is 15.3 Å². The molecule has 0 saturated heterocycles. The number of carboxylic acids is 1. The Morgan fingerprint density at radius 1 is 1.38 bits per heavy atom. The molecule has 2 amide bonds. The first-order chi connectivity index (χ1) is 9.99. The van der Waals surface area contributed by atoms with E-state index in [1.165, 1.54) is 11.0 Å². The number of hydrogen-bond donors (Lipinski definition) is 2. The fourth-order valence-corrected chi connectivity index (χ4v) is 2.89. The molecule has 0 bridgehead atoms. The largest absolute Gasteiger partial charge is 0.478 e. The van der Waals surface area contributed by atoms with Crippen LogP contribution in [0.25, 0.3) is 0 Å². The Morgan fingerprint density at radius 2 is 2.14 bits per heavy atom. The summed E-state index contributed by atoms with van der Waals surface area (Å²) >= 11 is 4.82.